The Morgan fingerprint density at radius 1 is 0.968 bits per heavy atom. The van der Waals surface area contributed by atoms with Crippen molar-refractivity contribution < 1.29 is 14.3 Å². The second kappa shape index (κ2) is 7.99. The second-order valence-electron chi connectivity index (χ2n) is 9.70. The van der Waals surface area contributed by atoms with Gasteiger partial charge in [-0.1, -0.05) is 18.2 Å². The third-order valence-corrected chi connectivity index (χ3v) is 7.47. The van der Waals surface area contributed by atoms with E-state index >= 15 is 0 Å². The maximum absolute atomic E-state index is 13.2. The van der Waals surface area contributed by atoms with Crippen molar-refractivity contribution in [3.63, 3.8) is 0 Å². The second-order valence-corrected chi connectivity index (χ2v) is 9.70. The lowest BCUT2D eigenvalue weighted by atomic mass is 9.49. The molecule has 2 aromatic rings. The Kier molecular flexibility index (Phi) is 5.17. The number of benzene rings is 2. The van der Waals surface area contributed by atoms with E-state index in [0.717, 1.165) is 54.0 Å². The summed E-state index contributed by atoms with van der Waals surface area (Å²) >= 11 is 0. The normalized spacial score (nSPS) is 28.6. The van der Waals surface area contributed by atoms with E-state index < -0.39 is 0 Å². The van der Waals surface area contributed by atoms with Crippen LogP contribution in [0.2, 0.25) is 0 Å². The fourth-order valence-electron chi connectivity index (χ4n) is 6.38. The van der Waals surface area contributed by atoms with E-state index in [1.54, 1.807) is 31.4 Å². The van der Waals surface area contributed by atoms with Gasteiger partial charge in [-0.25, -0.2) is 0 Å². The molecule has 4 heteroatoms. The predicted molar refractivity (Wildman–Crippen MR) is 122 cm³/mol. The molecule has 4 bridgehead atoms. The molecule has 4 saturated carbocycles. The summed E-state index contributed by atoms with van der Waals surface area (Å²) in [5, 5.41) is 3.15. The number of nitrogens with one attached hydrogen (secondary N) is 1. The van der Waals surface area contributed by atoms with Gasteiger partial charge < -0.3 is 10.1 Å². The van der Waals surface area contributed by atoms with Gasteiger partial charge in [-0.3, -0.25) is 9.59 Å². The van der Waals surface area contributed by atoms with Crippen molar-refractivity contribution in [3.8, 4) is 5.75 Å². The predicted octanol–water partition coefficient (Wildman–Crippen LogP) is 5.75. The summed E-state index contributed by atoms with van der Waals surface area (Å²) in [7, 11) is 1.62. The average Bonchev–Trinajstić information content (AvgIpc) is 2.77. The number of rotatable bonds is 6. The molecule has 1 amide bonds. The van der Waals surface area contributed by atoms with E-state index in [4.69, 9.17) is 4.74 Å². The lowest BCUT2D eigenvalue weighted by Gasteiger charge is -2.55. The van der Waals surface area contributed by atoms with E-state index in [9.17, 15) is 9.59 Å². The maximum atomic E-state index is 13.2. The van der Waals surface area contributed by atoms with Crippen LogP contribution in [-0.4, -0.2) is 18.8 Å². The zero-order valence-corrected chi connectivity index (χ0v) is 18.0. The molecule has 0 heterocycles. The fraction of sp³-hybridized carbons (Fsp3) is 0.407. The molecule has 0 spiro atoms. The number of ether oxygens (including phenoxy) is 1. The Morgan fingerprint density at radius 3 is 2.23 bits per heavy atom. The molecular weight excluding hydrogens is 386 g/mol. The minimum absolute atomic E-state index is 0.0678. The first kappa shape index (κ1) is 20.0. The van der Waals surface area contributed by atoms with Crippen LogP contribution in [0.4, 0.5) is 5.69 Å². The summed E-state index contributed by atoms with van der Waals surface area (Å²) in [6.45, 7) is 0. The van der Waals surface area contributed by atoms with Crippen LogP contribution in [0.5, 0.6) is 5.75 Å². The van der Waals surface area contributed by atoms with Crippen molar-refractivity contribution in [2.24, 2.45) is 23.2 Å². The number of hydrogen-bond donors (Lipinski definition) is 1. The van der Waals surface area contributed by atoms with E-state index in [2.05, 4.69) is 5.32 Å². The van der Waals surface area contributed by atoms with Gasteiger partial charge in [0.05, 0.1) is 12.5 Å². The van der Waals surface area contributed by atoms with Crippen LogP contribution in [0.15, 0.2) is 54.6 Å². The van der Waals surface area contributed by atoms with Crippen LogP contribution in [0, 0.1) is 23.2 Å². The Hall–Kier alpha value is -2.88. The molecule has 160 valence electrons. The Labute approximate surface area is 183 Å². The van der Waals surface area contributed by atoms with Gasteiger partial charge in [0.25, 0.3) is 0 Å². The Bertz CT molecular complexity index is 986. The van der Waals surface area contributed by atoms with Crippen LogP contribution >= 0.6 is 0 Å². The molecular formula is C27H29NO3. The number of carbonyl (C=O) groups is 2. The molecule has 0 unspecified atom stereocenters. The number of allylic oxidation sites excluding steroid dienone is 1. The molecule has 4 fully saturated rings. The van der Waals surface area contributed by atoms with Crippen LogP contribution in [0.1, 0.15) is 54.4 Å². The highest BCUT2D eigenvalue weighted by atomic mass is 16.5. The highest BCUT2D eigenvalue weighted by Gasteiger charge is 2.54. The van der Waals surface area contributed by atoms with Crippen molar-refractivity contribution in [1.82, 2.24) is 0 Å². The van der Waals surface area contributed by atoms with Gasteiger partial charge >= 0.3 is 0 Å². The molecule has 0 aliphatic heterocycles. The molecule has 2 aromatic carbocycles. The third-order valence-electron chi connectivity index (χ3n) is 7.47. The maximum Gasteiger partial charge on any atom is 0.230 e. The summed E-state index contributed by atoms with van der Waals surface area (Å²) in [6, 6.07) is 14.8. The minimum Gasteiger partial charge on any atom is -0.497 e. The minimum atomic E-state index is -0.164. The van der Waals surface area contributed by atoms with E-state index in [-0.39, 0.29) is 17.1 Å². The van der Waals surface area contributed by atoms with Crippen molar-refractivity contribution in [2.75, 3.05) is 12.4 Å². The van der Waals surface area contributed by atoms with E-state index in [1.807, 2.05) is 36.4 Å². The molecule has 0 saturated heterocycles. The molecule has 4 aliphatic rings. The highest BCUT2D eigenvalue weighted by molar-refractivity contribution is 6.07. The van der Waals surface area contributed by atoms with Gasteiger partial charge in [0.1, 0.15) is 5.75 Å². The number of amides is 1. The zero-order chi connectivity index (χ0) is 21.4. The number of methoxy groups -OCH3 is 1. The monoisotopic (exact) mass is 415 g/mol. The number of hydrogen-bond acceptors (Lipinski definition) is 3. The van der Waals surface area contributed by atoms with Crippen LogP contribution in [0.3, 0.4) is 0 Å². The van der Waals surface area contributed by atoms with Crippen LogP contribution in [-0.2, 0) is 4.79 Å². The standard InChI is InChI=1S/C27H29NO3/c1-31-24-4-2-3-18(14-24)5-10-25(29)22-6-8-23(9-7-22)28-26(30)27-15-19-11-20(16-27)13-21(12-19)17-27/h2-10,14,19-21H,11-13,15-17H2,1H3,(H,28,30)/b10-5+. The Morgan fingerprint density at radius 2 is 1.61 bits per heavy atom. The molecule has 0 aromatic heterocycles. The highest BCUT2D eigenvalue weighted by Crippen LogP contribution is 2.60. The number of ketones is 1. The first-order valence-electron chi connectivity index (χ1n) is 11.3. The van der Waals surface area contributed by atoms with Gasteiger partial charge in [-0.15, -0.1) is 0 Å². The van der Waals surface area contributed by atoms with Crippen molar-refractivity contribution in [3.05, 3.63) is 65.7 Å². The summed E-state index contributed by atoms with van der Waals surface area (Å²) in [4.78, 5) is 25.7. The summed E-state index contributed by atoms with van der Waals surface area (Å²) < 4.78 is 5.21. The van der Waals surface area contributed by atoms with E-state index in [0.29, 0.717) is 5.56 Å². The Balaban J connectivity index is 1.23. The molecule has 31 heavy (non-hydrogen) atoms. The number of carbonyl (C=O) groups excluding carboxylic acids is 2. The third kappa shape index (κ3) is 4.04. The first-order valence-corrected chi connectivity index (χ1v) is 11.3. The quantitative estimate of drug-likeness (QED) is 0.483. The molecule has 4 nitrogen and oxygen atoms in total. The van der Waals surface area contributed by atoms with Gasteiger partial charge in [0, 0.05) is 11.3 Å². The van der Waals surface area contributed by atoms with Crippen molar-refractivity contribution in [1.29, 1.82) is 0 Å². The lowest BCUT2D eigenvalue weighted by molar-refractivity contribution is -0.140. The van der Waals surface area contributed by atoms with Gasteiger partial charge in [-0.05, 0) is 104 Å². The molecule has 6 rings (SSSR count). The number of anilines is 1. The zero-order valence-electron chi connectivity index (χ0n) is 18.0. The van der Waals surface area contributed by atoms with Crippen LogP contribution < -0.4 is 10.1 Å². The molecule has 4 aliphatic carbocycles. The fourth-order valence-corrected chi connectivity index (χ4v) is 6.38. The van der Waals surface area contributed by atoms with Crippen LogP contribution in [0.25, 0.3) is 6.08 Å². The van der Waals surface area contributed by atoms with Crippen molar-refractivity contribution in [2.45, 2.75) is 38.5 Å². The molecule has 0 atom stereocenters. The summed E-state index contributed by atoms with van der Waals surface area (Å²) in [5.74, 6) is 3.11. The van der Waals surface area contributed by atoms with E-state index in [1.165, 1.54) is 19.3 Å². The lowest BCUT2D eigenvalue weighted by Crippen LogP contribution is -2.51. The van der Waals surface area contributed by atoms with Gasteiger partial charge in [0.15, 0.2) is 5.78 Å². The first-order chi connectivity index (χ1) is 15.0. The smallest absolute Gasteiger partial charge is 0.230 e. The average molecular weight is 416 g/mol. The molecule has 0 radical (unpaired) electrons. The van der Waals surface area contributed by atoms with Gasteiger partial charge in [0.2, 0.25) is 5.91 Å². The molecule has 1 N–H and O–H groups in total. The topological polar surface area (TPSA) is 55.4 Å². The largest absolute Gasteiger partial charge is 0.497 e. The van der Waals surface area contributed by atoms with Gasteiger partial charge in [-0.2, -0.15) is 0 Å². The summed E-state index contributed by atoms with van der Waals surface area (Å²) in [6.07, 6.45) is 10.5. The summed E-state index contributed by atoms with van der Waals surface area (Å²) in [5.41, 5.74) is 2.12. The van der Waals surface area contributed by atoms with Crippen molar-refractivity contribution >= 4 is 23.5 Å². The SMILES string of the molecule is COc1cccc(/C=C/C(=O)c2ccc(NC(=O)C34CC5CC(CC(C5)C3)C4)cc2)c1.